The van der Waals surface area contributed by atoms with Gasteiger partial charge in [0.2, 0.25) is 11.8 Å². The average Bonchev–Trinajstić information content (AvgIpc) is 2.90. The molecule has 132 valence electrons. The summed E-state index contributed by atoms with van der Waals surface area (Å²) in [4.78, 5) is 27.2. The monoisotopic (exact) mass is 324 g/mol. The third-order valence-electron chi connectivity index (χ3n) is 5.35. The molecule has 1 spiro atoms. The summed E-state index contributed by atoms with van der Waals surface area (Å²) < 4.78 is 6.10. The zero-order chi connectivity index (χ0) is 17.0. The zero-order valence-corrected chi connectivity index (χ0v) is 15.1. The predicted octanol–water partition coefficient (Wildman–Crippen LogP) is 2.84. The van der Waals surface area contributed by atoms with Crippen molar-refractivity contribution >= 4 is 11.8 Å². The van der Waals surface area contributed by atoms with E-state index >= 15 is 0 Å². The molecule has 1 aliphatic heterocycles. The molecule has 23 heavy (non-hydrogen) atoms. The van der Waals surface area contributed by atoms with E-state index in [0.29, 0.717) is 18.9 Å². The van der Waals surface area contributed by atoms with Crippen molar-refractivity contribution in [1.82, 2.24) is 10.2 Å². The van der Waals surface area contributed by atoms with E-state index in [0.717, 1.165) is 38.5 Å². The predicted molar refractivity (Wildman–Crippen MR) is 89.8 cm³/mol. The molecule has 1 saturated heterocycles. The Morgan fingerprint density at radius 1 is 1.30 bits per heavy atom. The lowest BCUT2D eigenvalue weighted by Crippen LogP contribution is -2.57. The van der Waals surface area contributed by atoms with E-state index in [1.54, 1.807) is 4.90 Å². The molecule has 2 atom stereocenters. The van der Waals surface area contributed by atoms with Crippen molar-refractivity contribution in [3.05, 3.63) is 0 Å². The molecule has 0 aromatic carbocycles. The number of carbonyl (C=O) groups excluding carboxylic acids is 2. The second kappa shape index (κ2) is 7.65. The average molecular weight is 324 g/mol. The lowest BCUT2D eigenvalue weighted by molar-refractivity contribution is -0.161. The molecule has 0 aromatic heterocycles. The molecular weight excluding hydrogens is 292 g/mol. The second-order valence-corrected chi connectivity index (χ2v) is 7.29. The smallest absolute Gasteiger partial charge is 0.245 e. The molecule has 2 rings (SSSR count). The number of rotatable bonds is 5. The first kappa shape index (κ1) is 18.2. The van der Waals surface area contributed by atoms with Crippen molar-refractivity contribution < 1.29 is 14.3 Å². The lowest BCUT2D eigenvalue weighted by Gasteiger charge is -2.43. The Bertz CT molecular complexity index is 430. The SMILES string of the molecule is CCCC(=O)N1[C@@H](C(=O)N[C@H](C)CC)COC12CCC(C)CC2. The normalized spacial score (nSPS) is 32.1. The van der Waals surface area contributed by atoms with Crippen LogP contribution in [0.1, 0.15) is 72.6 Å². The summed E-state index contributed by atoms with van der Waals surface area (Å²) in [6, 6.07) is -0.356. The van der Waals surface area contributed by atoms with E-state index in [2.05, 4.69) is 12.2 Å². The molecule has 1 heterocycles. The first-order valence-electron chi connectivity index (χ1n) is 9.20. The topological polar surface area (TPSA) is 58.6 Å². The molecule has 5 nitrogen and oxygen atoms in total. The van der Waals surface area contributed by atoms with E-state index in [1.807, 2.05) is 20.8 Å². The van der Waals surface area contributed by atoms with Gasteiger partial charge in [-0.3, -0.25) is 14.5 Å². The fourth-order valence-corrected chi connectivity index (χ4v) is 3.63. The Morgan fingerprint density at radius 2 is 1.96 bits per heavy atom. The minimum absolute atomic E-state index is 0.0591. The molecule has 1 saturated carbocycles. The Kier molecular flexibility index (Phi) is 6.06. The van der Waals surface area contributed by atoms with Gasteiger partial charge < -0.3 is 10.1 Å². The van der Waals surface area contributed by atoms with Gasteiger partial charge in [-0.1, -0.05) is 20.8 Å². The quantitative estimate of drug-likeness (QED) is 0.846. The van der Waals surface area contributed by atoms with Crippen LogP contribution in [-0.2, 0) is 14.3 Å². The Labute approximate surface area is 140 Å². The molecule has 5 heteroatoms. The summed E-state index contributed by atoms with van der Waals surface area (Å²) >= 11 is 0. The summed E-state index contributed by atoms with van der Waals surface area (Å²) in [5.41, 5.74) is -0.545. The van der Waals surface area contributed by atoms with Gasteiger partial charge in [0.15, 0.2) is 0 Å². The molecule has 2 amide bonds. The molecule has 1 N–H and O–H groups in total. The third kappa shape index (κ3) is 3.87. The van der Waals surface area contributed by atoms with Gasteiger partial charge in [-0.25, -0.2) is 0 Å². The first-order valence-corrected chi connectivity index (χ1v) is 9.20. The van der Waals surface area contributed by atoms with Crippen LogP contribution in [0.5, 0.6) is 0 Å². The number of ether oxygens (including phenoxy) is 1. The summed E-state index contributed by atoms with van der Waals surface area (Å²) in [5.74, 6) is 0.656. The van der Waals surface area contributed by atoms with Crippen molar-refractivity contribution in [1.29, 1.82) is 0 Å². The summed E-state index contributed by atoms with van der Waals surface area (Å²) in [7, 11) is 0. The largest absolute Gasteiger partial charge is 0.353 e. The van der Waals surface area contributed by atoms with Crippen LogP contribution in [0, 0.1) is 5.92 Å². The van der Waals surface area contributed by atoms with Gasteiger partial charge in [0.25, 0.3) is 0 Å². The number of amides is 2. The minimum atomic E-state index is -0.545. The van der Waals surface area contributed by atoms with Crippen molar-refractivity contribution in [2.24, 2.45) is 5.92 Å². The van der Waals surface area contributed by atoms with E-state index in [4.69, 9.17) is 4.74 Å². The summed E-state index contributed by atoms with van der Waals surface area (Å²) in [6.07, 6.45) is 5.94. The molecule has 2 aliphatic rings. The van der Waals surface area contributed by atoms with E-state index < -0.39 is 11.8 Å². The van der Waals surface area contributed by atoms with Crippen molar-refractivity contribution in [3.8, 4) is 0 Å². The third-order valence-corrected chi connectivity index (χ3v) is 5.35. The van der Waals surface area contributed by atoms with Gasteiger partial charge in [-0.15, -0.1) is 0 Å². The standard InChI is InChI=1S/C18H32N2O3/c1-5-7-16(21)20-15(17(22)19-14(4)6-2)12-23-18(20)10-8-13(3)9-11-18/h13-15H,5-12H2,1-4H3,(H,19,22)/t13?,14-,15-,18?/m1/s1. The molecule has 0 aromatic rings. The van der Waals surface area contributed by atoms with Gasteiger partial charge in [-0.2, -0.15) is 0 Å². The first-order chi connectivity index (χ1) is 10.9. The number of nitrogens with one attached hydrogen (secondary N) is 1. The number of hydrogen-bond donors (Lipinski definition) is 1. The van der Waals surface area contributed by atoms with Crippen LogP contribution in [0.25, 0.3) is 0 Å². The van der Waals surface area contributed by atoms with Gasteiger partial charge in [0.1, 0.15) is 11.8 Å². The van der Waals surface area contributed by atoms with Crippen molar-refractivity contribution in [3.63, 3.8) is 0 Å². The highest BCUT2D eigenvalue weighted by molar-refractivity contribution is 5.89. The highest BCUT2D eigenvalue weighted by Gasteiger charge is 2.53. The Hall–Kier alpha value is -1.10. The van der Waals surface area contributed by atoms with Crippen LogP contribution in [0.15, 0.2) is 0 Å². The molecule has 1 aliphatic carbocycles. The van der Waals surface area contributed by atoms with Crippen LogP contribution < -0.4 is 5.32 Å². The van der Waals surface area contributed by atoms with Gasteiger partial charge in [0, 0.05) is 12.5 Å². The molecule has 0 unspecified atom stereocenters. The lowest BCUT2D eigenvalue weighted by atomic mass is 9.83. The van der Waals surface area contributed by atoms with Gasteiger partial charge >= 0.3 is 0 Å². The maximum Gasteiger partial charge on any atom is 0.245 e. The van der Waals surface area contributed by atoms with Crippen LogP contribution in [0.3, 0.4) is 0 Å². The summed E-state index contributed by atoms with van der Waals surface area (Å²) in [5, 5.41) is 3.02. The second-order valence-electron chi connectivity index (χ2n) is 7.29. The Morgan fingerprint density at radius 3 is 2.52 bits per heavy atom. The van der Waals surface area contributed by atoms with E-state index in [9.17, 15) is 9.59 Å². The number of hydrogen-bond acceptors (Lipinski definition) is 3. The number of carbonyl (C=O) groups is 2. The maximum absolute atomic E-state index is 12.7. The summed E-state index contributed by atoms with van der Waals surface area (Å²) in [6.45, 7) is 8.60. The van der Waals surface area contributed by atoms with E-state index in [-0.39, 0.29) is 17.9 Å². The molecule has 2 fully saturated rings. The Balaban J connectivity index is 2.18. The highest BCUT2D eigenvalue weighted by atomic mass is 16.5. The van der Waals surface area contributed by atoms with Crippen LogP contribution in [0.2, 0.25) is 0 Å². The molecular formula is C18H32N2O3. The van der Waals surface area contributed by atoms with Crippen molar-refractivity contribution in [2.45, 2.75) is 90.4 Å². The molecule has 0 radical (unpaired) electrons. The van der Waals surface area contributed by atoms with Crippen molar-refractivity contribution in [2.75, 3.05) is 6.61 Å². The van der Waals surface area contributed by atoms with Crippen LogP contribution in [0.4, 0.5) is 0 Å². The van der Waals surface area contributed by atoms with E-state index in [1.165, 1.54) is 0 Å². The highest BCUT2D eigenvalue weighted by Crippen LogP contribution is 2.42. The minimum Gasteiger partial charge on any atom is -0.353 e. The number of nitrogens with zero attached hydrogens (tertiary/aromatic N) is 1. The zero-order valence-electron chi connectivity index (χ0n) is 15.1. The maximum atomic E-state index is 12.7. The fraction of sp³-hybridized carbons (Fsp3) is 0.889. The van der Waals surface area contributed by atoms with Crippen LogP contribution >= 0.6 is 0 Å². The van der Waals surface area contributed by atoms with Crippen LogP contribution in [-0.4, -0.2) is 41.1 Å². The van der Waals surface area contributed by atoms with Gasteiger partial charge in [-0.05, 0) is 51.4 Å². The molecule has 0 bridgehead atoms. The van der Waals surface area contributed by atoms with Gasteiger partial charge in [0.05, 0.1) is 6.61 Å². The fourth-order valence-electron chi connectivity index (χ4n) is 3.63.